The minimum atomic E-state index is 0.0257. The van der Waals surface area contributed by atoms with Crippen molar-refractivity contribution in [2.75, 3.05) is 26.3 Å². The minimum Gasteiger partial charge on any atom is -0.378 e. The number of aromatic nitrogens is 2. The van der Waals surface area contributed by atoms with Crippen molar-refractivity contribution in [2.24, 2.45) is 0 Å². The summed E-state index contributed by atoms with van der Waals surface area (Å²) in [5, 5.41) is 5.25. The highest BCUT2D eigenvalue weighted by atomic mass is 35.5. The second-order valence-electron chi connectivity index (χ2n) is 6.27. The molecule has 1 aromatic carbocycles. The molecule has 1 amide bonds. The molecule has 128 valence electrons. The maximum absolute atomic E-state index is 13.1. The average molecular weight is 348 g/mol. The van der Waals surface area contributed by atoms with Crippen molar-refractivity contribution in [2.45, 2.75) is 26.7 Å². The van der Waals surface area contributed by atoms with Gasteiger partial charge < -0.3 is 9.64 Å². The highest BCUT2D eigenvalue weighted by Crippen LogP contribution is 2.30. The molecule has 0 bridgehead atoms. The Bertz CT molecular complexity index is 749. The molecule has 3 rings (SSSR count). The Kier molecular flexibility index (Phi) is 4.92. The summed E-state index contributed by atoms with van der Waals surface area (Å²) in [4.78, 5) is 14.9. The zero-order valence-corrected chi connectivity index (χ0v) is 15.0. The van der Waals surface area contributed by atoms with Crippen LogP contribution in [0.15, 0.2) is 24.3 Å². The van der Waals surface area contributed by atoms with Crippen molar-refractivity contribution in [1.29, 1.82) is 0 Å². The Balaban J connectivity index is 2.10. The Morgan fingerprint density at radius 2 is 1.92 bits per heavy atom. The smallest absolute Gasteiger partial charge is 0.257 e. The Labute approximate surface area is 147 Å². The molecule has 0 atom stereocenters. The zero-order chi connectivity index (χ0) is 17.3. The lowest BCUT2D eigenvalue weighted by molar-refractivity contribution is 0.0301. The van der Waals surface area contributed by atoms with Crippen LogP contribution in [0.25, 0.3) is 5.69 Å². The van der Waals surface area contributed by atoms with Gasteiger partial charge in [0.1, 0.15) is 0 Å². The van der Waals surface area contributed by atoms with Crippen molar-refractivity contribution >= 4 is 17.5 Å². The van der Waals surface area contributed by atoms with E-state index >= 15 is 0 Å². The molecular formula is C18H22ClN3O2. The van der Waals surface area contributed by atoms with Gasteiger partial charge in [-0.3, -0.25) is 4.79 Å². The van der Waals surface area contributed by atoms with E-state index < -0.39 is 0 Å². The van der Waals surface area contributed by atoms with Gasteiger partial charge in [-0.25, -0.2) is 4.68 Å². The summed E-state index contributed by atoms with van der Waals surface area (Å²) < 4.78 is 7.17. The topological polar surface area (TPSA) is 47.4 Å². The van der Waals surface area contributed by atoms with Crippen LogP contribution in [-0.4, -0.2) is 46.9 Å². The lowest BCUT2D eigenvalue weighted by Gasteiger charge is -2.27. The first-order chi connectivity index (χ1) is 11.5. The van der Waals surface area contributed by atoms with E-state index in [2.05, 4.69) is 18.9 Å². The molecule has 24 heavy (non-hydrogen) atoms. The summed E-state index contributed by atoms with van der Waals surface area (Å²) in [6, 6.07) is 7.56. The molecule has 1 fully saturated rings. The van der Waals surface area contributed by atoms with Gasteiger partial charge >= 0.3 is 0 Å². The molecule has 2 heterocycles. The fourth-order valence-corrected chi connectivity index (χ4v) is 3.29. The second-order valence-corrected chi connectivity index (χ2v) is 6.68. The number of ether oxygens (including phenoxy) is 1. The van der Waals surface area contributed by atoms with E-state index in [-0.39, 0.29) is 11.8 Å². The first-order valence-electron chi connectivity index (χ1n) is 8.22. The minimum absolute atomic E-state index is 0.0257. The first kappa shape index (κ1) is 17.0. The molecule has 1 aliphatic rings. The highest BCUT2D eigenvalue weighted by molar-refractivity contribution is 6.32. The predicted octanol–water partition coefficient (Wildman–Crippen LogP) is 3.43. The third-order valence-corrected chi connectivity index (χ3v) is 4.56. The number of hydrogen-bond donors (Lipinski definition) is 0. The van der Waals surface area contributed by atoms with Gasteiger partial charge in [-0.2, -0.15) is 5.10 Å². The molecule has 0 unspecified atom stereocenters. The van der Waals surface area contributed by atoms with Crippen LogP contribution in [0, 0.1) is 6.92 Å². The van der Waals surface area contributed by atoms with E-state index in [4.69, 9.17) is 16.3 Å². The third kappa shape index (κ3) is 3.06. The van der Waals surface area contributed by atoms with Crippen molar-refractivity contribution in [3.63, 3.8) is 0 Å². The van der Waals surface area contributed by atoms with Crippen LogP contribution < -0.4 is 0 Å². The van der Waals surface area contributed by atoms with Gasteiger partial charge in [-0.05, 0) is 25.0 Å². The lowest BCUT2D eigenvalue weighted by Crippen LogP contribution is -2.41. The third-order valence-electron chi connectivity index (χ3n) is 4.24. The number of benzene rings is 1. The number of rotatable bonds is 3. The van der Waals surface area contributed by atoms with E-state index in [9.17, 15) is 4.79 Å². The van der Waals surface area contributed by atoms with Gasteiger partial charge in [0.15, 0.2) is 0 Å². The number of morpholine rings is 1. The zero-order valence-electron chi connectivity index (χ0n) is 14.3. The fraction of sp³-hybridized carbons (Fsp3) is 0.444. The van der Waals surface area contributed by atoms with E-state index in [1.807, 2.05) is 40.8 Å². The maximum atomic E-state index is 13.1. The van der Waals surface area contributed by atoms with Crippen LogP contribution in [0.5, 0.6) is 0 Å². The van der Waals surface area contributed by atoms with Crippen LogP contribution >= 0.6 is 11.6 Å². The molecule has 0 spiro atoms. The largest absolute Gasteiger partial charge is 0.378 e. The van der Waals surface area contributed by atoms with Gasteiger partial charge in [-0.1, -0.05) is 37.6 Å². The van der Waals surface area contributed by atoms with Gasteiger partial charge in [0.2, 0.25) is 0 Å². The maximum Gasteiger partial charge on any atom is 0.257 e. The molecule has 0 aliphatic carbocycles. The van der Waals surface area contributed by atoms with Crippen LogP contribution in [0.4, 0.5) is 0 Å². The molecule has 0 saturated carbocycles. The van der Waals surface area contributed by atoms with Crippen molar-refractivity contribution < 1.29 is 9.53 Å². The fourth-order valence-electron chi connectivity index (χ4n) is 3.07. The quantitative estimate of drug-likeness (QED) is 0.854. The van der Waals surface area contributed by atoms with E-state index in [0.29, 0.717) is 36.9 Å². The standard InChI is InChI=1S/C18H22ClN3O2/c1-12(2)17-16(18(23)21-8-10-24-11-9-21)13(3)20-22(17)15-7-5-4-6-14(15)19/h4-7,12H,8-11H2,1-3H3. The van der Waals surface area contributed by atoms with Gasteiger partial charge in [0, 0.05) is 13.1 Å². The number of para-hydroxylation sites is 1. The van der Waals surface area contributed by atoms with Gasteiger partial charge in [0.05, 0.1) is 40.9 Å². The normalized spacial score (nSPS) is 15.1. The number of carbonyl (C=O) groups excluding carboxylic acids is 1. The first-order valence-corrected chi connectivity index (χ1v) is 8.60. The molecule has 2 aromatic rings. The summed E-state index contributed by atoms with van der Waals surface area (Å²) in [6.45, 7) is 8.42. The number of aryl methyl sites for hydroxylation is 1. The molecule has 5 nitrogen and oxygen atoms in total. The Morgan fingerprint density at radius 1 is 1.25 bits per heavy atom. The lowest BCUT2D eigenvalue weighted by atomic mass is 10.0. The number of hydrogen-bond acceptors (Lipinski definition) is 3. The molecular weight excluding hydrogens is 326 g/mol. The number of amides is 1. The summed E-state index contributed by atoms with van der Waals surface area (Å²) in [7, 11) is 0. The summed E-state index contributed by atoms with van der Waals surface area (Å²) in [5.74, 6) is 0.167. The highest BCUT2D eigenvalue weighted by Gasteiger charge is 2.29. The average Bonchev–Trinajstić information content (AvgIpc) is 2.92. The van der Waals surface area contributed by atoms with E-state index in [1.54, 1.807) is 0 Å². The molecule has 0 N–H and O–H groups in total. The summed E-state index contributed by atoms with van der Waals surface area (Å²) in [6.07, 6.45) is 0. The van der Waals surface area contributed by atoms with Crippen LogP contribution in [0.1, 0.15) is 41.5 Å². The number of carbonyl (C=O) groups is 1. The van der Waals surface area contributed by atoms with Crippen molar-refractivity contribution in [1.82, 2.24) is 14.7 Å². The Morgan fingerprint density at radius 3 is 2.54 bits per heavy atom. The summed E-state index contributed by atoms with van der Waals surface area (Å²) >= 11 is 6.35. The van der Waals surface area contributed by atoms with E-state index in [1.165, 1.54) is 0 Å². The van der Waals surface area contributed by atoms with Crippen LogP contribution in [0.2, 0.25) is 5.02 Å². The SMILES string of the molecule is Cc1nn(-c2ccccc2Cl)c(C(C)C)c1C(=O)N1CCOCC1. The van der Waals surface area contributed by atoms with Gasteiger partial charge in [-0.15, -0.1) is 0 Å². The summed E-state index contributed by atoms with van der Waals surface area (Å²) in [5.41, 5.74) is 3.12. The molecule has 6 heteroatoms. The number of halogens is 1. The van der Waals surface area contributed by atoms with E-state index in [0.717, 1.165) is 17.1 Å². The molecule has 1 saturated heterocycles. The molecule has 1 aromatic heterocycles. The molecule has 0 radical (unpaired) electrons. The monoisotopic (exact) mass is 347 g/mol. The Hall–Kier alpha value is -1.85. The number of nitrogens with zero attached hydrogens (tertiary/aromatic N) is 3. The second kappa shape index (κ2) is 6.95. The van der Waals surface area contributed by atoms with Gasteiger partial charge in [0.25, 0.3) is 5.91 Å². The predicted molar refractivity (Wildman–Crippen MR) is 94.1 cm³/mol. The van der Waals surface area contributed by atoms with Crippen LogP contribution in [-0.2, 0) is 4.74 Å². The van der Waals surface area contributed by atoms with Crippen molar-refractivity contribution in [3.8, 4) is 5.69 Å². The molecule has 1 aliphatic heterocycles. The van der Waals surface area contributed by atoms with Crippen molar-refractivity contribution in [3.05, 3.63) is 46.2 Å². The van der Waals surface area contributed by atoms with Crippen LogP contribution in [0.3, 0.4) is 0 Å².